The van der Waals surface area contributed by atoms with Gasteiger partial charge in [0.15, 0.2) is 5.96 Å². The molecule has 1 heterocycles. The van der Waals surface area contributed by atoms with E-state index in [0.717, 1.165) is 12.5 Å². The zero-order valence-electron chi connectivity index (χ0n) is 14.4. The van der Waals surface area contributed by atoms with Crippen molar-refractivity contribution in [2.24, 2.45) is 4.99 Å². The van der Waals surface area contributed by atoms with E-state index >= 15 is 0 Å². The van der Waals surface area contributed by atoms with E-state index in [1.54, 1.807) is 0 Å². The van der Waals surface area contributed by atoms with Crippen molar-refractivity contribution in [2.75, 3.05) is 33.2 Å². The van der Waals surface area contributed by atoms with Gasteiger partial charge in [0.2, 0.25) is 0 Å². The fourth-order valence-electron chi connectivity index (χ4n) is 2.90. The third-order valence-corrected chi connectivity index (χ3v) is 4.27. The van der Waals surface area contributed by atoms with Crippen LogP contribution in [0.4, 0.5) is 0 Å². The molecule has 1 aliphatic rings. The SMILES string of the molecule is CN=C(NCCCCN1CCCC1)NC(C)c1ccccc1.I. The fourth-order valence-corrected chi connectivity index (χ4v) is 2.90. The predicted octanol–water partition coefficient (Wildman–Crippen LogP) is 3.41. The standard InChI is InChI=1S/C18H30N4.HI/c1-16(17-10-4-3-5-11-17)21-18(19-2)20-12-6-7-13-22-14-8-9-15-22;/h3-5,10-11,16H,6-9,12-15H2,1-2H3,(H2,19,20,21);1H. The van der Waals surface area contributed by atoms with Crippen LogP contribution in [0.1, 0.15) is 44.2 Å². The number of hydrogen-bond donors (Lipinski definition) is 2. The van der Waals surface area contributed by atoms with Gasteiger partial charge in [-0.15, -0.1) is 24.0 Å². The van der Waals surface area contributed by atoms with Crippen molar-refractivity contribution >= 4 is 29.9 Å². The summed E-state index contributed by atoms with van der Waals surface area (Å²) in [5.74, 6) is 0.887. The number of halogens is 1. The molecule has 1 saturated heterocycles. The topological polar surface area (TPSA) is 39.7 Å². The highest BCUT2D eigenvalue weighted by Gasteiger charge is 2.10. The first kappa shape index (κ1) is 20.2. The minimum atomic E-state index is 0. The van der Waals surface area contributed by atoms with Gasteiger partial charge in [-0.3, -0.25) is 4.99 Å². The Morgan fingerprint density at radius 3 is 2.52 bits per heavy atom. The van der Waals surface area contributed by atoms with E-state index in [0.29, 0.717) is 0 Å². The molecular weight excluding hydrogens is 399 g/mol. The first-order valence-corrected chi connectivity index (χ1v) is 8.54. The lowest BCUT2D eigenvalue weighted by molar-refractivity contribution is 0.330. The van der Waals surface area contributed by atoms with Crippen LogP contribution in [0.3, 0.4) is 0 Å². The highest BCUT2D eigenvalue weighted by atomic mass is 127. The Morgan fingerprint density at radius 1 is 1.17 bits per heavy atom. The number of unbranched alkanes of at least 4 members (excludes halogenated alkanes) is 1. The van der Waals surface area contributed by atoms with Crippen molar-refractivity contribution < 1.29 is 0 Å². The summed E-state index contributed by atoms with van der Waals surface area (Å²) in [5, 5.41) is 6.86. The van der Waals surface area contributed by atoms with Crippen LogP contribution < -0.4 is 10.6 Å². The van der Waals surface area contributed by atoms with Gasteiger partial charge in [0.1, 0.15) is 0 Å². The van der Waals surface area contributed by atoms with Crippen molar-refractivity contribution in [1.29, 1.82) is 0 Å². The van der Waals surface area contributed by atoms with Gasteiger partial charge in [-0.05, 0) is 57.8 Å². The van der Waals surface area contributed by atoms with Crippen LogP contribution in [0.25, 0.3) is 0 Å². The van der Waals surface area contributed by atoms with Crippen molar-refractivity contribution in [3.05, 3.63) is 35.9 Å². The minimum Gasteiger partial charge on any atom is -0.356 e. The summed E-state index contributed by atoms with van der Waals surface area (Å²) in [7, 11) is 1.83. The maximum absolute atomic E-state index is 4.31. The summed E-state index contributed by atoms with van der Waals surface area (Å²) in [5.41, 5.74) is 1.28. The molecule has 1 aliphatic heterocycles. The van der Waals surface area contributed by atoms with Crippen LogP contribution >= 0.6 is 24.0 Å². The zero-order valence-corrected chi connectivity index (χ0v) is 16.8. The van der Waals surface area contributed by atoms with Gasteiger partial charge in [0, 0.05) is 13.6 Å². The second-order valence-corrected chi connectivity index (χ2v) is 6.03. The lowest BCUT2D eigenvalue weighted by atomic mass is 10.1. The number of nitrogens with zero attached hydrogens (tertiary/aromatic N) is 2. The predicted molar refractivity (Wildman–Crippen MR) is 110 cm³/mol. The third-order valence-electron chi connectivity index (χ3n) is 4.27. The molecule has 0 saturated carbocycles. The number of guanidine groups is 1. The first-order chi connectivity index (χ1) is 10.8. The van der Waals surface area contributed by atoms with Crippen LogP contribution in [-0.2, 0) is 0 Å². The molecule has 1 atom stereocenters. The minimum absolute atomic E-state index is 0. The lowest BCUT2D eigenvalue weighted by Gasteiger charge is -2.19. The maximum Gasteiger partial charge on any atom is 0.191 e. The second-order valence-electron chi connectivity index (χ2n) is 6.03. The largest absolute Gasteiger partial charge is 0.356 e. The summed E-state index contributed by atoms with van der Waals surface area (Å²) in [6.07, 6.45) is 5.22. The average molecular weight is 430 g/mol. The third kappa shape index (κ3) is 7.52. The molecule has 4 nitrogen and oxygen atoms in total. The summed E-state index contributed by atoms with van der Waals surface area (Å²) >= 11 is 0. The second kappa shape index (κ2) is 11.7. The van der Waals surface area contributed by atoms with Crippen LogP contribution in [0.2, 0.25) is 0 Å². The molecule has 130 valence electrons. The molecule has 2 rings (SSSR count). The van der Waals surface area contributed by atoms with Crippen LogP contribution in [0.15, 0.2) is 35.3 Å². The van der Waals surface area contributed by atoms with Gasteiger partial charge in [-0.25, -0.2) is 0 Å². The lowest BCUT2D eigenvalue weighted by Crippen LogP contribution is -2.39. The van der Waals surface area contributed by atoms with Gasteiger partial charge >= 0.3 is 0 Å². The molecule has 1 aromatic carbocycles. The smallest absolute Gasteiger partial charge is 0.191 e. The Kier molecular flexibility index (Phi) is 10.3. The van der Waals surface area contributed by atoms with Crippen molar-refractivity contribution in [3.63, 3.8) is 0 Å². The molecule has 1 unspecified atom stereocenters. The number of aliphatic imine (C=N–C) groups is 1. The zero-order chi connectivity index (χ0) is 15.6. The Labute approximate surface area is 158 Å². The number of benzene rings is 1. The van der Waals surface area contributed by atoms with E-state index in [-0.39, 0.29) is 30.0 Å². The quantitative estimate of drug-likeness (QED) is 0.302. The molecule has 1 fully saturated rings. The Hall–Kier alpha value is -0.820. The molecule has 0 spiro atoms. The summed E-state index contributed by atoms with van der Waals surface area (Å²) in [6, 6.07) is 10.7. The molecule has 0 aliphatic carbocycles. The van der Waals surface area contributed by atoms with Crippen LogP contribution in [-0.4, -0.2) is 44.1 Å². The van der Waals surface area contributed by atoms with E-state index in [1.807, 2.05) is 13.1 Å². The number of rotatable bonds is 7. The molecule has 23 heavy (non-hydrogen) atoms. The van der Waals surface area contributed by atoms with E-state index in [4.69, 9.17) is 0 Å². The molecule has 2 N–H and O–H groups in total. The van der Waals surface area contributed by atoms with Crippen LogP contribution in [0.5, 0.6) is 0 Å². The molecule has 0 aromatic heterocycles. The normalized spacial score (nSPS) is 16.7. The molecular formula is C18H31IN4. The van der Waals surface area contributed by atoms with E-state index in [9.17, 15) is 0 Å². The van der Waals surface area contributed by atoms with Gasteiger partial charge < -0.3 is 15.5 Å². The Bertz CT molecular complexity index is 444. The Balaban J connectivity index is 0.00000264. The summed E-state index contributed by atoms with van der Waals surface area (Å²) < 4.78 is 0. The van der Waals surface area contributed by atoms with E-state index < -0.39 is 0 Å². The molecule has 1 aromatic rings. The van der Waals surface area contributed by atoms with Crippen molar-refractivity contribution in [2.45, 2.75) is 38.6 Å². The molecule has 0 radical (unpaired) electrons. The highest BCUT2D eigenvalue weighted by molar-refractivity contribution is 14.0. The monoisotopic (exact) mass is 430 g/mol. The average Bonchev–Trinajstić information content (AvgIpc) is 3.07. The van der Waals surface area contributed by atoms with E-state index in [1.165, 1.54) is 50.9 Å². The fraction of sp³-hybridized carbons (Fsp3) is 0.611. The van der Waals surface area contributed by atoms with Gasteiger partial charge in [-0.2, -0.15) is 0 Å². The number of hydrogen-bond acceptors (Lipinski definition) is 2. The van der Waals surface area contributed by atoms with E-state index in [2.05, 4.69) is 51.7 Å². The summed E-state index contributed by atoms with van der Waals surface area (Å²) in [4.78, 5) is 6.89. The maximum atomic E-state index is 4.31. The Morgan fingerprint density at radius 2 is 1.87 bits per heavy atom. The van der Waals surface area contributed by atoms with Crippen molar-refractivity contribution in [1.82, 2.24) is 15.5 Å². The van der Waals surface area contributed by atoms with Crippen molar-refractivity contribution in [3.8, 4) is 0 Å². The first-order valence-electron chi connectivity index (χ1n) is 8.54. The number of nitrogens with one attached hydrogen (secondary N) is 2. The molecule has 0 bridgehead atoms. The highest BCUT2D eigenvalue weighted by Crippen LogP contribution is 2.10. The number of likely N-dealkylation sites (tertiary alicyclic amines) is 1. The van der Waals surface area contributed by atoms with Gasteiger partial charge in [0.25, 0.3) is 0 Å². The van der Waals surface area contributed by atoms with Gasteiger partial charge in [0.05, 0.1) is 6.04 Å². The molecule has 5 heteroatoms. The molecule has 0 amide bonds. The summed E-state index contributed by atoms with van der Waals surface area (Å²) in [6.45, 7) is 6.98. The van der Waals surface area contributed by atoms with Gasteiger partial charge in [-0.1, -0.05) is 30.3 Å². The van der Waals surface area contributed by atoms with Crippen LogP contribution in [0, 0.1) is 0 Å².